The molecule has 1 aliphatic carbocycles. The second kappa shape index (κ2) is 8.55. The van der Waals surface area contributed by atoms with E-state index in [0.29, 0.717) is 12.8 Å². The van der Waals surface area contributed by atoms with Crippen molar-refractivity contribution >= 4 is 29.7 Å². The lowest BCUT2D eigenvalue weighted by atomic mass is 10.00. The Morgan fingerprint density at radius 1 is 1.33 bits per heavy atom. The van der Waals surface area contributed by atoms with Crippen molar-refractivity contribution in [3.05, 3.63) is 35.9 Å². The lowest BCUT2D eigenvalue weighted by molar-refractivity contribution is -0.144. The number of carbonyl (C=O) groups is 2. The van der Waals surface area contributed by atoms with E-state index in [2.05, 4.69) is 11.4 Å². The van der Waals surface area contributed by atoms with E-state index in [9.17, 15) is 14.9 Å². The largest absolute Gasteiger partial charge is 0.452 e. The van der Waals surface area contributed by atoms with Gasteiger partial charge in [0.1, 0.15) is 5.54 Å². The fourth-order valence-electron chi connectivity index (χ4n) is 2.61. The molecule has 2 rings (SSSR count). The number of hydrogen-bond donors (Lipinski definition) is 1. The van der Waals surface area contributed by atoms with E-state index >= 15 is 0 Å². The van der Waals surface area contributed by atoms with Crippen LogP contribution < -0.4 is 5.32 Å². The Balaban J connectivity index is 1.78. The molecule has 0 atom stereocenters. The van der Waals surface area contributed by atoms with E-state index in [-0.39, 0.29) is 6.61 Å². The van der Waals surface area contributed by atoms with Crippen molar-refractivity contribution < 1.29 is 14.3 Å². The van der Waals surface area contributed by atoms with Crippen LogP contribution in [0.3, 0.4) is 0 Å². The monoisotopic (exact) mass is 344 g/mol. The van der Waals surface area contributed by atoms with Crippen molar-refractivity contribution in [2.24, 2.45) is 0 Å². The highest BCUT2D eigenvalue weighted by Gasteiger charge is 2.35. The quantitative estimate of drug-likeness (QED) is 0.488. The molecule has 24 heavy (non-hydrogen) atoms. The molecule has 0 heterocycles. The lowest BCUT2D eigenvalue weighted by Gasteiger charge is -2.21. The number of esters is 1. The van der Waals surface area contributed by atoms with Gasteiger partial charge >= 0.3 is 5.97 Å². The summed E-state index contributed by atoms with van der Waals surface area (Å²) in [7, 11) is 0. The van der Waals surface area contributed by atoms with Gasteiger partial charge in [0, 0.05) is 11.0 Å². The first-order chi connectivity index (χ1) is 11.6. The Bertz CT molecular complexity index is 656. The molecule has 1 fully saturated rings. The van der Waals surface area contributed by atoms with Gasteiger partial charge in [0.05, 0.1) is 6.07 Å². The molecule has 1 aliphatic rings. The summed E-state index contributed by atoms with van der Waals surface area (Å²) in [6.45, 7) is -0.377. The number of thioether (sulfide) groups is 1. The maximum atomic E-state index is 11.8. The van der Waals surface area contributed by atoms with Crippen LogP contribution >= 0.6 is 11.8 Å². The fraction of sp³-hybridized carbons (Fsp3) is 0.389. The molecular formula is C18H20N2O3S. The van der Waals surface area contributed by atoms with Crippen LogP contribution in [0.4, 0.5) is 0 Å². The topological polar surface area (TPSA) is 79.2 Å². The van der Waals surface area contributed by atoms with E-state index in [4.69, 9.17) is 4.74 Å². The van der Waals surface area contributed by atoms with E-state index < -0.39 is 17.4 Å². The van der Waals surface area contributed by atoms with Gasteiger partial charge in [-0.25, -0.2) is 4.79 Å². The standard InChI is InChI=1S/C18H20N2O3S/c1-24-15-7-4-14(5-8-15)6-9-17(22)23-12-16(21)20-18(13-19)10-2-3-11-18/h4-9H,2-3,10-12H2,1H3,(H,20,21)/b9-6+. The smallest absolute Gasteiger partial charge is 0.331 e. The van der Waals surface area contributed by atoms with Crippen LogP contribution in [0.25, 0.3) is 6.08 Å². The van der Waals surface area contributed by atoms with Crippen LogP contribution in [-0.2, 0) is 14.3 Å². The molecule has 0 bridgehead atoms. The summed E-state index contributed by atoms with van der Waals surface area (Å²) >= 11 is 1.64. The highest BCUT2D eigenvalue weighted by Crippen LogP contribution is 2.28. The van der Waals surface area contributed by atoms with Gasteiger partial charge in [-0.3, -0.25) is 4.79 Å². The summed E-state index contributed by atoms with van der Waals surface area (Å²) in [5, 5.41) is 11.9. The maximum absolute atomic E-state index is 11.8. The number of hydrogen-bond acceptors (Lipinski definition) is 5. The summed E-state index contributed by atoms with van der Waals surface area (Å²) in [4.78, 5) is 24.7. The Morgan fingerprint density at radius 2 is 2.00 bits per heavy atom. The number of nitrogens with one attached hydrogen (secondary N) is 1. The van der Waals surface area contributed by atoms with E-state index in [1.165, 1.54) is 6.08 Å². The zero-order chi connectivity index (χ0) is 17.4. The zero-order valence-corrected chi connectivity index (χ0v) is 14.4. The summed E-state index contributed by atoms with van der Waals surface area (Å²) in [5.41, 5.74) is 0.0850. The summed E-state index contributed by atoms with van der Waals surface area (Å²) in [6, 6.07) is 9.90. The van der Waals surface area contributed by atoms with Crippen LogP contribution in [0, 0.1) is 11.3 Å². The highest BCUT2D eigenvalue weighted by molar-refractivity contribution is 7.98. The first-order valence-electron chi connectivity index (χ1n) is 7.78. The molecule has 0 spiro atoms. The summed E-state index contributed by atoms with van der Waals surface area (Å²) in [6.07, 6.45) is 8.06. The highest BCUT2D eigenvalue weighted by atomic mass is 32.2. The van der Waals surface area contributed by atoms with Gasteiger partial charge < -0.3 is 10.1 Å². The molecule has 0 unspecified atom stereocenters. The molecule has 1 saturated carbocycles. The minimum absolute atomic E-state index is 0.377. The summed E-state index contributed by atoms with van der Waals surface area (Å²) in [5.74, 6) is -1.03. The van der Waals surface area contributed by atoms with Crippen LogP contribution in [0.1, 0.15) is 31.2 Å². The molecule has 1 N–H and O–H groups in total. The number of nitrogens with zero attached hydrogens (tertiary/aromatic N) is 1. The third-order valence-corrected chi connectivity index (χ3v) is 4.67. The van der Waals surface area contributed by atoms with Gasteiger partial charge in [-0.05, 0) is 55.7 Å². The second-order valence-electron chi connectivity index (χ2n) is 5.66. The first kappa shape index (κ1) is 18.1. The van der Waals surface area contributed by atoms with E-state index in [1.807, 2.05) is 30.5 Å². The molecule has 5 nitrogen and oxygen atoms in total. The predicted octanol–water partition coefficient (Wildman–Crippen LogP) is 2.92. The van der Waals surface area contributed by atoms with Gasteiger partial charge in [-0.1, -0.05) is 12.1 Å². The van der Waals surface area contributed by atoms with Crippen molar-refractivity contribution in [3.63, 3.8) is 0 Å². The third-order valence-electron chi connectivity index (χ3n) is 3.92. The fourth-order valence-corrected chi connectivity index (χ4v) is 3.02. The number of carbonyl (C=O) groups excluding carboxylic acids is 2. The van der Waals surface area contributed by atoms with Gasteiger partial charge in [-0.2, -0.15) is 5.26 Å². The molecule has 0 saturated heterocycles. The molecule has 1 aromatic rings. The van der Waals surface area contributed by atoms with E-state index in [0.717, 1.165) is 23.3 Å². The van der Waals surface area contributed by atoms with Crippen molar-refractivity contribution in [2.45, 2.75) is 36.1 Å². The lowest BCUT2D eigenvalue weighted by Crippen LogP contribution is -2.46. The number of ether oxygens (including phenoxy) is 1. The van der Waals surface area contributed by atoms with Crippen molar-refractivity contribution in [1.82, 2.24) is 5.32 Å². The number of nitriles is 1. The molecule has 0 radical (unpaired) electrons. The Labute approximate surface area is 146 Å². The minimum atomic E-state index is -0.793. The second-order valence-corrected chi connectivity index (χ2v) is 6.54. The summed E-state index contributed by atoms with van der Waals surface area (Å²) < 4.78 is 4.92. The molecule has 1 amide bonds. The number of rotatable bonds is 6. The Morgan fingerprint density at radius 3 is 2.58 bits per heavy atom. The van der Waals surface area contributed by atoms with Gasteiger partial charge in [0.15, 0.2) is 6.61 Å². The number of benzene rings is 1. The predicted molar refractivity (Wildman–Crippen MR) is 93.2 cm³/mol. The zero-order valence-electron chi connectivity index (χ0n) is 13.6. The van der Waals surface area contributed by atoms with Gasteiger partial charge in [-0.15, -0.1) is 11.8 Å². The maximum Gasteiger partial charge on any atom is 0.331 e. The van der Waals surface area contributed by atoms with E-state index in [1.54, 1.807) is 17.8 Å². The van der Waals surface area contributed by atoms with Gasteiger partial charge in [0.25, 0.3) is 5.91 Å². The van der Waals surface area contributed by atoms with Crippen LogP contribution in [0.15, 0.2) is 35.2 Å². The SMILES string of the molecule is CSc1ccc(/C=C/C(=O)OCC(=O)NC2(C#N)CCCC2)cc1. The van der Waals surface area contributed by atoms with Crippen LogP contribution in [0.5, 0.6) is 0 Å². The normalized spacial score (nSPS) is 15.8. The minimum Gasteiger partial charge on any atom is -0.452 e. The van der Waals surface area contributed by atoms with Crippen molar-refractivity contribution in [1.29, 1.82) is 5.26 Å². The molecular weight excluding hydrogens is 324 g/mol. The average Bonchev–Trinajstić information content (AvgIpc) is 3.07. The first-order valence-corrected chi connectivity index (χ1v) is 9.00. The van der Waals surface area contributed by atoms with Crippen molar-refractivity contribution in [2.75, 3.05) is 12.9 Å². The molecule has 0 aromatic heterocycles. The Hall–Kier alpha value is -2.26. The molecule has 0 aliphatic heterocycles. The van der Waals surface area contributed by atoms with Crippen molar-refractivity contribution in [3.8, 4) is 6.07 Å². The van der Waals surface area contributed by atoms with Crippen LogP contribution in [-0.4, -0.2) is 30.3 Å². The molecule has 126 valence electrons. The number of amides is 1. The third kappa shape index (κ3) is 5.14. The average molecular weight is 344 g/mol. The Kier molecular flexibility index (Phi) is 6.44. The van der Waals surface area contributed by atoms with Crippen LogP contribution in [0.2, 0.25) is 0 Å². The molecule has 1 aromatic carbocycles. The molecule has 6 heteroatoms. The van der Waals surface area contributed by atoms with Gasteiger partial charge in [0.2, 0.25) is 0 Å².